The lowest BCUT2D eigenvalue weighted by Crippen LogP contribution is -2.35. The Hall–Kier alpha value is -2.08. The van der Waals surface area contributed by atoms with Crippen LogP contribution in [-0.2, 0) is 4.74 Å². The minimum Gasteiger partial charge on any atom is -0.383 e. The summed E-state index contributed by atoms with van der Waals surface area (Å²) in [5.41, 5.74) is 2.33. The molecule has 2 nitrogen and oxygen atoms in total. The molecule has 0 saturated carbocycles. The van der Waals surface area contributed by atoms with Gasteiger partial charge in [0.25, 0.3) is 0 Å². The fraction of sp³-hybridized carbons (Fsp3) is 0.333. The molecule has 1 fully saturated rings. The van der Waals surface area contributed by atoms with Gasteiger partial charge in [-0.05, 0) is 30.5 Å². The molecule has 1 unspecified atom stereocenters. The minimum atomic E-state index is 0.124. The second kappa shape index (κ2) is 7.97. The van der Waals surface area contributed by atoms with Crippen molar-refractivity contribution in [3.05, 3.63) is 71.8 Å². The topological polar surface area (TPSA) is 12.5 Å². The lowest BCUT2D eigenvalue weighted by atomic mass is 10.0. The summed E-state index contributed by atoms with van der Waals surface area (Å²) in [7, 11) is 1.78. The molecule has 0 N–H and O–H groups in total. The molecule has 0 aliphatic carbocycles. The van der Waals surface area contributed by atoms with Crippen LogP contribution in [0.3, 0.4) is 0 Å². The zero-order valence-electron chi connectivity index (χ0n) is 13.6. The Morgan fingerprint density at radius 1 is 1.09 bits per heavy atom. The summed E-state index contributed by atoms with van der Waals surface area (Å²) < 4.78 is 5.41. The molecule has 118 valence electrons. The van der Waals surface area contributed by atoms with Crippen LogP contribution in [-0.4, -0.2) is 31.2 Å². The zero-order chi connectivity index (χ0) is 15.9. The van der Waals surface area contributed by atoms with Crippen molar-refractivity contribution in [2.24, 2.45) is 0 Å². The van der Waals surface area contributed by atoms with Gasteiger partial charge in [0.1, 0.15) is 0 Å². The van der Waals surface area contributed by atoms with Gasteiger partial charge in [0.15, 0.2) is 0 Å². The Morgan fingerprint density at radius 3 is 2.48 bits per heavy atom. The maximum Gasteiger partial charge on any atom is 0.0977 e. The quantitative estimate of drug-likeness (QED) is 0.795. The summed E-state index contributed by atoms with van der Waals surface area (Å²) >= 11 is 0. The van der Waals surface area contributed by atoms with Crippen LogP contribution in [0.25, 0.3) is 0 Å². The number of rotatable bonds is 4. The van der Waals surface area contributed by atoms with Gasteiger partial charge in [0, 0.05) is 25.3 Å². The van der Waals surface area contributed by atoms with Gasteiger partial charge in [0.05, 0.1) is 12.6 Å². The summed E-state index contributed by atoms with van der Waals surface area (Å²) in [4.78, 5) is 2.49. The van der Waals surface area contributed by atoms with E-state index in [0.29, 0.717) is 6.04 Å². The SMILES string of the molecule is COC[C@H]1CCCN1C(C#Cc1ccccc1)c1ccccc1. The van der Waals surface area contributed by atoms with E-state index in [4.69, 9.17) is 4.74 Å². The van der Waals surface area contributed by atoms with E-state index >= 15 is 0 Å². The molecular formula is C21H23NO. The van der Waals surface area contributed by atoms with Crippen LogP contribution in [0.5, 0.6) is 0 Å². The number of methoxy groups -OCH3 is 1. The highest BCUT2D eigenvalue weighted by Crippen LogP contribution is 2.29. The van der Waals surface area contributed by atoms with E-state index in [9.17, 15) is 0 Å². The third-order valence-electron chi connectivity index (χ3n) is 4.36. The number of nitrogens with zero attached hydrogens (tertiary/aromatic N) is 1. The minimum absolute atomic E-state index is 0.124. The number of hydrogen-bond donors (Lipinski definition) is 0. The Bertz CT molecular complexity index is 656. The molecule has 0 bridgehead atoms. The van der Waals surface area contributed by atoms with E-state index in [0.717, 1.165) is 18.7 Å². The van der Waals surface area contributed by atoms with Crippen LogP contribution in [0.2, 0.25) is 0 Å². The maximum atomic E-state index is 5.41. The van der Waals surface area contributed by atoms with Crippen molar-refractivity contribution in [3.63, 3.8) is 0 Å². The van der Waals surface area contributed by atoms with Crippen molar-refractivity contribution >= 4 is 0 Å². The third kappa shape index (κ3) is 4.01. The van der Waals surface area contributed by atoms with Gasteiger partial charge in [0.2, 0.25) is 0 Å². The van der Waals surface area contributed by atoms with Crippen LogP contribution in [0.4, 0.5) is 0 Å². The normalized spacial score (nSPS) is 19.1. The summed E-state index contributed by atoms with van der Waals surface area (Å²) in [6, 6.07) is 21.4. The summed E-state index contributed by atoms with van der Waals surface area (Å²) in [5.74, 6) is 6.85. The first kappa shape index (κ1) is 15.8. The smallest absolute Gasteiger partial charge is 0.0977 e. The maximum absolute atomic E-state index is 5.41. The average molecular weight is 305 g/mol. The molecule has 23 heavy (non-hydrogen) atoms. The van der Waals surface area contributed by atoms with E-state index in [-0.39, 0.29) is 6.04 Å². The molecule has 0 aromatic heterocycles. The lowest BCUT2D eigenvalue weighted by molar-refractivity contribution is 0.103. The van der Waals surface area contributed by atoms with Crippen LogP contribution >= 0.6 is 0 Å². The lowest BCUT2D eigenvalue weighted by Gasteiger charge is -2.29. The number of ether oxygens (including phenoxy) is 1. The molecule has 1 heterocycles. The highest BCUT2D eigenvalue weighted by atomic mass is 16.5. The third-order valence-corrected chi connectivity index (χ3v) is 4.36. The summed E-state index contributed by atoms with van der Waals surface area (Å²) in [6.07, 6.45) is 2.40. The predicted molar refractivity (Wildman–Crippen MR) is 94.1 cm³/mol. The Morgan fingerprint density at radius 2 is 1.78 bits per heavy atom. The van der Waals surface area contributed by atoms with Crippen molar-refractivity contribution in [3.8, 4) is 11.8 Å². The predicted octanol–water partition coefficient (Wildman–Crippen LogP) is 3.89. The molecule has 2 aromatic carbocycles. The van der Waals surface area contributed by atoms with E-state index < -0.39 is 0 Å². The Balaban J connectivity index is 1.90. The van der Waals surface area contributed by atoms with Gasteiger partial charge < -0.3 is 4.74 Å². The summed E-state index contributed by atoms with van der Waals surface area (Å²) in [5, 5.41) is 0. The van der Waals surface area contributed by atoms with Crippen molar-refractivity contribution in [1.29, 1.82) is 0 Å². The van der Waals surface area contributed by atoms with Crippen LogP contribution < -0.4 is 0 Å². The first-order chi connectivity index (χ1) is 11.4. The van der Waals surface area contributed by atoms with Crippen molar-refractivity contribution in [2.75, 3.05) is 20.3 Å². The molecule has 2 atom stereocenters. The van der Waals surface area contributed by atoms with Crippen molar-refractivity contribution in [2.45, 2.75) is 24.9 Å². The highest BCUT2D eigenvalue weighted by molar-refractivity contribution is 5.37. The first-order valence-electron chi connectivity index (χ1n) is 8.24. The molecule has 0 radical (unpaired) electrons. The first-order valence-corrected chi connectivity index (χ1v) is 8.24. The molecule has 0 spiro atoms. The fourth-order valence-electron chi connectivity index (χ4n) is 3.24. The molecule has 2 aromatic rings. The summed E-state index contributed by atoms with van der Waals surface area (Å²) in [6.45, 7) is 1.85. The average Bonchev–Trinajstić information content (AvgIpc) is 3.06. The van der Waals surface area contributed by atoms with Gasteiger partial charge in [-0.15, -0.1) is 0 Å². The number of hydrogen-bond acceptors (Lipinski definition) is 2. The monoisotopic (exact) mass is 305 g/mol. The van der Waals surface area contributed by atoms with E-state index in [1.54, 1.807) is 7.11 Å². The fourth-order valence-corrected chi connectivity index (χ4v) is 3.24. The molecule has 1 aliphatic heterocycles. The van der Waals surface area contributed by atoms with Crippen molar-refractivity contribution in [1.82, 2.24) is 4.90 Å². The molecular weight excluding hydrogens is 282 g/mol. The number of benzene rings is 2. The van der Waals surface area contributed by atoms with Gasteiger partial charge >= 0.3 is 0 Å². The van der Waals surface area contributed by atoms with Gasteiger partial charge in [-0.3, -0.25) is 4.90 Å². The number of likely N-dealkylation sites (tertiary alicyclic amines) is 1. The largest absolute Gasteiger partial charge is 0.383 e. The van der Waals surface area contributed by atoms with E-state index in [1.165, 1.54) is 18.4 Å². The van der Waals surface area contributed by atoms with E-state index in [1.807, 2.05) is 18.2 Å². The molecule has 2 heteroatoms. The van der Waals surface area contributed by atoms with Crippen LogP contribution in [0.1, 0.15) is 30.0 Å². The second-order valence-corrected chi connectivity index (χ2v) is 5.94. The Kier molecular flexibility index (Phi) is 5.47. The van der Waals surface area contributed by atoms with Gasteiger partial charge in [-0.1, -0.05) is 60.4 Å². The van der Waals surface area contributed by atoms with Gasteiger partial charge in [-0.2, -0.15) is 0 Å². The Labute approximate surface area is 139 Å². The molecule has 1 saturated heterocycles. The molecule has 3 rings (SSSR count). The second-order valence-electron chi connectivity index (χ2n) is 5.94. The van der Waals surface area contributed by atoms with Gasteiger partial charge in [-0.25, -0.2) is 0 Å². The van der Waals surface area contributed by atoms with Crippen LogP contribution in [0, 0.1) is 11.8 Å². The molecule has 1 aliphatic rings. The zero-order valence-corrected chi connectivity index (χ0v) is 13.6. The van der Waals surface area contributed by atoms with Crippen LogP contribution in [0.15, 0.2) is 60.7 Å². The van der Waals surface area contributed by atoms with E-state index in [2.05, 4.69) is 59.2 Å². The standard InChI is InChI=1S/C21H23NO/c1-23-17-20-13-8-16-22(20)21(19-11-6-3-7-12-19)15-14-18-9-4-2-5-10-18/h2-7,9-12,20-21H,8,13,16-17H2,1H3/t20-,21?/m1/s1. The molecule has 0 amide bonds. The highest BCUT2D eigenvalue weighted by Gasteiger charge is 2.30. The van der Waals surface area contributed by atoms with Crippen molar-refractivity contribution < 1.29 is 4.74 Å².